The normalized spacial score (nSPS) is 17.1. The summed E-state index contributed by atoms with van der Waals surface area (Å²) < 4.78 is 0. The molecule has 0 radical (unpaired) electrons. The molecule has 1 aromatic heterocycles. The third kappa shape index (κ3) is 1.87. The molecule has 58 valence electrons. The number of aromatic nitrogens is 2. The average molecular weight is 184 g/mol. The Morgan fingerprint density at radius 3 is 3.18 bits per heavy atom. The maximum absolute atomic E-state index is 4.35. The molecule has 0 amide bonds. The summed E-state index contributed by atoms with van der Waals surface area (Å²) in [6.07, 6.45) is 3.09. The first-order chi connectivity index (χ1) is 5.45. The van der Waals surface area contributed by atoms with Crippen LogP contribution < -0.4 is 0 Å². The van der Waals surface area contributed by atoms with Gasteiger partial charge in [-0.2, -0.15) is 0 Å². The highest BCUT2D eigenvalue weighted by atomic mass is 32.2. The van der Waals surface area contributed by atoms with Crippen LogP contribution in [0.2, 0.25) is 0 Å². The molecule has 0 saturated carbocycles. The predicted molar refractivity (Wildman–Crippen MR) is 48.1 cm³/mol. The molecule has 0 saturated heterocycles. The first kappa shape index (κ1) is 7.43. The number of thioether (sulfide) groups is 2. The average Bonchev–Trinajstić information content (AvgIpc) is 2.02. The summed E-state index contributed by atoms with van der Waals surface area (Å²) in [5, 5.41) is 2.04. The zero-order chi connectivity index (χ0) is 7.52. The summed E-state index contributed by atoms with van der Waals surface area (Å²) in [5.74, 6) is 2.33. The Labute approximate surface area is 74.2 Å². The van der Waals surface area contributed by atoms with Crippen molar-refractivity contribution < 1.29 is 0 Å². The zero-order valence-electron chi connectivity index (χ0n) is 5.99. The van der Waals surface area contributed by atoms with E-state index in [9.17, 15) is 0 Å². The molecule has 0 aliphatic carbocycles. The zero-order valence-corrected chi connectivity index (χ0v) is 7.62. The summed E-state index contributed by atoms with van der Waals surface area (Å²) in [5.41, 5.74) is 0. The molecule has 2 nitrogen and oxygen atoms in total. The second-order valence-electron chi connectivity index (χ2n) is 2.23. The molecule has 4 heteroatoms. The minimum Gasteiger partial charge on any atom is -0.231 e. The fourth-order valence-electron chi connectivity index (χ4n) is 0.874. The Hall–Kier alpha value is -0.220. The van der Waals surface area contributed by atoms with Gasteiger partial charge in [0.2, 0.25) is 0 Å². The van der Waals surface area contributed by atoms with E-state index in [2.05, 4.69) is 9.97 Å². The quantitative estimate of drug-likeness (QED) is 0.455. The van der Waals surface area contributed by atoms with Gasteiger partial charge in [0.15, 0.2) is 5.16 Å². The van der Waals surface area contributed by atoms with Gasteiger partial charge in [0.25, 0.3) is 0 Å². The maximum Gasteiger partial charge on any atom is 0.188 e. The number of hydrogen-bond donors (Lipinski definition) is 0. The second kappa shape index (κ2) is 3.45. The second-order valence-corrected chi connectivity index (χ2v) is 4.41. The van der Waals surface area contributed by atoms with Crippen molar-refractivity contribution >= 4 is 23.5 Å². The lowest BCUT2D eigenvalue weighted by atomic mass is 10.6. The predicted octanol–water partition coefficient (Wildman–Crippen LogP) is 2.06. The molecule has 1 aromatic rings. The van der Waals surface area contributed by atoms with Gasteiger partial charge < -0.3 is 0 Å². The molecule has 0 aromatic carbocycles. The number of rotatable bonds is 0. The Bertz CT molecular complexity index is 231. The van der Waals surface area contributed by atoms with Crippen molar-refractivity contribution in [2.45, 2.75) is 16.6 Å². The molecule has 0 spiro atoms. The van der Waals surface area contributed by atoms with E-state index in [1.165, 1.54) is 12.2 Å². The lowest BCUT2D eigenvalue weighted by Crippen LogP contribution is -1.95. The third-order valence-electron chi connectivity index (χ3n) is 1.38. The fraction of sp³-hybridized carbons (Fsp3) is 0.429. The summed E-state index contributed by atoms with van der Waals surface area (Å²) in [6, 6.07) is 1.97. The minimum atomic E-state index is 0.926. The van der Waals surface area contributed by atoms with Crippen LogP contribution in [-0.4, -0.2) is 21.5 Å². The van der Waals surface area contributed by atoms with Crippen molar-refractivity contribution in [2.75, 3.05) is 11.5 Å². The van der Waals surface area contributed by atoms with E-state index in [1.54, 1.807) is 11.8 Å². The minimum absolute atomic E-state index is 0.926. The Morgan fingerprint density at radius 1 is 1.27 bits per heavy atom. The van der Waals surface area contributed by atoms with Crippen LogP contribution in [0.4, 0.5) is 0 Å². The molecular formula is C7H8N2S2. The number of hydrogen-bond acceptors (Lipinski definition) is 4. The van der Waals surface area contributed by atoms with Crippen molar-refractivity contribution in [3.63, 3.8) is 0 Å². The van der Waals surface area contributed by atoms with Gasteiger partial charge in [0.05, 0.1) is 0 Å². The van der Waals surface area contributed by atoms with Gasteiger partial charge in [-0.25, -0.2) is 9.97 Å². The van der Waals surface area contributed by atoms with Crippen LogP contribution in [0.15, 0.2) is 22.4 Å². The molecule has 1 aliphatic heterocycles. The summed E-state index contributed by atoms with van der Waals surface area (Å²) in [6.45, 7) is 0. The molecule has 0 fully saturated rings. The number of fused-ring (bicyclic) bond motifs is 2. The van der Waals surface area contributed by atoms with Crippen molar-refractivity contribution in [2.24, 2.45) is 0 Å². The Balaban J connectivity index is 2.30. The van der Waals surface area contributed by atoms with Gasteiger partial charge >= 0.3 is 0 Å². The van der Waals surface area contributed by atoms with Crippen LogP contribution in [0, 0.1) is 0 Å². The standard InChI is InChI=1S/C7H8N2S2/c1-4-10-6-2-3-8-7(9-6)11-5-1/h2-3H,1,4-5H2. The molecule has 2 rings (SSSR count). The summed E-state index contributed by atoms with van der Waals surface area (Å²) in [4.78, 5) is 8.50. The van der Waals surface area contributed by atoms with Gasteiger partial charge in [0, 0.05) is 17.7 Å². The van der Waals surface area contributed by atoms with E-state index >= 15 is 0 Å². The Kier molecular flexibility index (Phi) is 2.33. The van der Waals surface area contributed by atoms with E-state index in [1.807, 2.05) is 24.0 Å². The lowest BCUT2D eigenvalue weighted by Gasteiger charge is -2.06. The van der Waals surface area contributed by atoms with Crippen LogP contribution in [0.5, 0.6) is 0 Å². The van der Waals surface area contributed by atoms with Gasteiger partial charge in [-0.15, -0.1) is 11.8 Å². The third-order valence-corrected chi connectivity index (χ3v) is 3.34. The van der Waals surface area contributed by atoms with Gasteiger partial charge in [0.1, 0.15) is 5.03 Å². The van der Waals surface area contributed by atoms with E-state index in [0.717, 1.165) is 15.9 Å². The summed E-state index contributed by atoms with van der Waals surface area (Å²) in [7, 11) is 0. The van der Waals surface area contributed by atoms with Crippen LogP contribution >= 0.6 is 23.5 Å². The largest absolute Gasteiger partial charge is 0.231 e. The molecule has 2 heterocycles. The molecule has 1 aliphatic rings. The SMILES string of the molecule is c1cc2nc(n1)SCCCS2. The van der Waals surface area contributed by atoms with Gasteiger partial charge in [-0.3, -0.25) is 0 Å². The number of nitrogens with zero attached hydrogens (tertiary/aromatic N) is 2. The monoisotopic (exact) mass is 184 g/mol. The van der Waals surface area contributed by atoms with Crippen LogP contribution in [-0.2, 0) is 0 Å². The molecular weight excluding hydrogens is 176 g/mol. The Morgan fingerprint density at radius 2 is 2.18 bits per heavy atom. The van der Waals surface area contributed by atoms with Crippen molar-refractivity contribution in [3.8, 4) is 0 Å². The highest BCUT2D eigenvalue weighted by Gasteiger charge is 2.04. The molecule has 0 unspecified atom stereocenters. The van der Waals surface area contributed by atoms with Crippen molar-refractivity contribution in [1.29, 1.82) is 0 Å². The maximum atomic E-state index is 4.35. The summed E-state index contributed by atoms with van der Waals surface area (Å²) >= 11 is 3.57. The topological polar surface area (TPSA) is 25.8 Å². The lowest BCUT2D eigenvalue weighted by molar-refractivity contribution is 0.882. The van der Waals surface area contributed by atoms with Crippen LogP contribution in [0.1, 0.15) is 6.42 Å². The van der Waals surface area contributed by atoms with E-state index in [4.69, 9.17) is 0 Å². The smallest absolute Gasteiger partial charge is 0.188 e. The first-order valence-electron chi connectivity index (χ1n) is 3.54. The molecule has 11 heavy (non-hydrogen) atoms. The van der Waals surface area contributed by atoms with Crippen LogP contribution in [0.3, 0.4) is 0 Å². The van der Waals surface area contributed by atoms with Gasteiger partial charge in [-0.05, 0) is 12.5 Å². The first-order valence-corrected chi connectivity index (χ1v) is 5.51. The van der Waals surface area contributed by atoms with E-state index in [0.29, 0.717) is 0 Å². The fourth-order valence-corrected chi connectivity index (χ4v) is 2.69. The van der Waals surface area contributed by atoms with Crippen molar-refractivity contribution in [3.05, 3.63) is 12.3 Å². The van der Waals surface area contributed by atoms with Gasteiger partial charge in [-0.1, -0.05) is 11.8 Å². The van der Waals surface area contributed by atoms with Crippen LogP contribution in [0.25, 0.3) is 0 Å². The van der Waals surface area contributed by atoms with Crippen molar-refractivity contribution in [1.82, 2.24) is 9.97 Å². The van der Waals surface area contributed by atoms with E-state index in [-0.39, 0.29) is 0 Å². The highest BCUT2D eigenvalue weighted by Crippen LogP contribution is 2.24. The highest BCUT2D eigenvalue weighted by molar-refractivity contribution is 8.00. The molecule has 0 N–H and O–H groups in total. The van der Waals surface area contributed by atoms with E-state index < -0.39 is 0 Å². The molecule has 2 bridgehead atoms. The molecule has 0 atom stereocenters.